The molecule has 0 amide bonds. The molecule has 1 saturated heterocycles. The SMILES string of the molecule is O=C=CC1(O)OC(CO)C(O)C1O. The van der Waals surface area contributed by atoms with E-state index < -0.39 is 30.7 Å². The average molecular weight is 190 g/mol. The Balaban J connectivity index is 2.87. The summed E-state index contributed by atoms with van der Waals surface area (Å²) in [4.78, 5) is 9.94. The van der Waals surface area contributed by atoms with Crippen molar-refractivity contribution in [1.29, 1.82) is 0 Å². The van der Waals surface area contributed by atoms with Gasteiger partial charge in [-0.05, 0) is 0 Å². The molecule has 1 aliphatic rings. The number of aliphatic hydroxyl groups excluding tert-OH is 3. The molecule has 0 radical (unpaired) electrons. The summed E-state index contributed by atoms with van der Waals surface area (Å²) >= 11 is 0. The fourth-order valence-electron chi connectivity index (χ4n) is 1.18. The van der Waals surface area contributed by atoms with Crippen molar-refractivity contribution in [1.82, 2.24) is 0 Å². The zero-order chi connectivity index (χ0) is 10.1. The topological polar surface area (TPSA) is 107 Å². The summed E-state index contributed by atoms with van der Waals surface area (Å²) in [5.41, 5.74) is 0. The Morgan fingerprint density at radius 1 is 1.54 bits per heavy atom. The Kier molecular flexibility index (Phi) is 2.82. The first kappa shape index (κ1) is 10.3. The molecule has 0 saturated carbocycles. The third kappa shape index (κ3) is 1.64. The van der Waals surface area contributed by atoms with Crippen molar-refractivity contribution in [3.63, 3.8) is 0 Å². The lowest BCUT2D eigenvalue weighted by Gasteiger charge is -2.19. The predicted octanol–water partition coefficient (Wildman–Crippen LogP) is -2.82. The monoisotopic (exact) mass is 190 g/mol. The Labute approximate surface area is 73.7 Å². The minimum atomic E-state index is -2.26. The first-order chi connectivity index (χ1) is 6.05. The van der Waals surface area contributed by atoms with Crippen LogP contribution in [0.15, 0.2) is 6.08 Å². The van der Waals surface area contributed by atoms with E-state index >= 15 is 0 Å². The van der Waals surface area contributed by atoms with E-state index in [9.17, 15) is 20.1 Å². The quantitative estimate of drug-likeness (QED) is 0.350. The first-order valence-corrected chi connectivity index (χ1v) is 3.64. The summed E-state index contributed by atoms with van der Waals surface area (Å²) in [6.07, 6.45) is -3.65. The molecule has 6 nitrogen and oxygen atoms in total. The third-order valence-electron chi connectivity index (χ3n) is 1.91. The molecule has 0 spiro atoms. The molecule has 0 aliphatic carbocycles. The van der Waals surface area contributed by atoms with Crippen LogP contribution in [0.4, 0.5) is 0 Å². The van der Waals surface area contributed by atoms with Crippen molar-refractivity contribution in [2.24, 2.45) is 0 Å². The lowest BCUT2D eigenvalue weighted by molar-refractivity contribution is -0.195. The normalized spacial score (nSPS) is 44.5. The fourth-order valence-corrected chi connectivity index (χ4v) is 1.18. The smallest absolute Gasteiger partial charge is 0.226 e. The van der Waals surface area contributed by atoms with Crippen molar-refractivity contribution in [2.45, 2.75) is 24.1 Å². The van der Waals surface area contributed by atoms with Gasteiger partial charge in [-0.3, -0.25) is 0 Å². The van der Waals surface area contributed by atoms with E-state index in [-0.39, 0.29) is 0 Å². The maximum absolute atomic E-state index is 9.94. The van der Waals surface area contributed by atoms with Crippen LogP contribution in [0, 0.1) is 0 Å². The van der Waals surface area contributed by atoms with Gasteiger partial charge < -0.3 is 25.2 Å². The molecule has 6 heteroatoms. The van der Waals surface area contributed by atoms with Gasteiger partial charge in [0.2, 0.25) is 5.79 Å². The summed E-state index contributed by atoms with van der Waals surface area (Å²) in [5.74, 6) is -1.01. The molecule has 4 unspecified atom stereocenters. The summed E-state index contributed by atoms with van der Waals surface area (Å²) in [6, 6.07) is 0. The Bertz CT molecular complexity index is 235. The molecule has 0 bridgehead atoms. The van der Waals surface area contributed by atoms with E-state index in [1.54, 1.807) is 0 Å². The molecule has 74 valence electrons. The van der Waals surface area contributed by atoms with Crippen molar-refractivity contribution >= 4 is 5.94 Å². The number of carbonyl (C=O) groups excluding carboxylic acids is 1. The maximum Gasteiger partial charge on any atom is 0.226 e. The molecule has 4 N–H and O–H groups in total. The molecule has 0 aromatic heterocycles. The van der Waals surface area contributed by atoms with Gasteiger partial charge in [-0.25, -0.2) is 4.79 Å². The molecule has 1 fully saturated rings. The predicted molar refractivity (Wildman–Crippen MR) is 39.2 cm³/mol. The van der Waals surface area contributed by atoms with Crippen LogP contribution in [-0.4, -0.2) is 57.1 Å². The van der Waals surface area contributed by atoms with Crippen LogP contribution < -0.4 is 0 Å². The zero-order valence-corrected chi connectivity index (χ0v) is 6.62. The number of hydrogen-bond donors (Lipinski definition) is 4. The Morgan fingerprint density at radius 3 is 2.54 bits per heavy atom. The van der Waals surface area contributed by atoms with Crippen molar-refractivity contribution in [3.05, 3.63) is 6.08 Å². The molecule has 1 heterocycles. The van der Waals surface area contributed by atoms with E-state index in [1.807, 2.05) is 0 Å². The van der Waals surface area contributed by atoms with Gasteiger partial charge in [-0.1, -0.05) is 0 Å². The van der Waals surface area contributed by atoms with Gasteiger partial charge >= 0.3 is 0 Å². The summed E-state index contributed by atoms with van der Waals surface area (Å²) in [7, 11) is 0. The second-order valence-corrected chi connectivity index (χ2v) is 2.79. The lowest BCUT2D eigenvalue weighted by atomic mass is 10.1. The second-order valence-electron chi connectivity index (χ2n) is 2.79. The van der Waals surface area contributed by atoms with Gasteiger partial charge in [-0.15, -0.1) is 0 Å². The number of rotatable bonds is 2. The van der Waals surface area contributed by atoms with Crippen LogP contribution in [0.5, 0.6) is 0 Å². The minimum Gasteiger partial charge on any atom is -0.394 e. The highest BCUT2D eigenvalue weighted by atomic mass is 16.7. The average Bonchev–Trinajstić information content (AvgIpc) is 2.31. The van der Waals surface area contributed by atoms with Crippen LogP contribution in [0.3, 0.4) is 0 Å². The number of aliphatic hydroxyl groups is 4. The van der Waals surface area contributed by atoms with Crippen molar-refractivity contribution < 1.29 is 30.0 Å². The summed E-state index contributed by atoms with van der Waals surface area (Å²) in [5, 5.41) is 36.4. The van der Waals surface area contributed by atoms with Crippen LogP contribution in [0.2, 0.25) is 0 Å². The van der Waals surface area contributed by atoms with E-state index in [0.29, 0.717) is 6.08 Å². The first-order valence-electron chi connectivity index (χ1n) is 3.64. The van der Waals surface area contributed by atoms with Gasteiger partial charge in [0.25, 0.3) is 0 Å². The van der Waals surface area contributed by atoms with Gasteiger partial charge in [0.15, 0.2) is 0 Å². The highest BCUT2D eigenvalue weighted by Gasteiger charge is 2.52. The Morgan fingerprint density at radius 2 is 2.15 bits per heavy atom. The van der Waals surface area contributed by atoms with Crippen molar-refractivity contribution in [3.8, 4) is 0 Å². The van der Waals surface area contributed by atoms with Gasteiger partial charge in [0.05, 0.1) is 12.7 Å². The van der Waals surface area contributed by atoms with Gasteiger partial charge in [0.1, 0.15) is 24.3 Å². The van der Waals surface area contributed by atoms with Crippen LogP contribution in [0.25, 0.3) is 0 Å². The number of hydrogen-bond acceptors (Lipinski definition) is 6. The van der Waals surface area contributed by atoms with Gasteiger partial charge in [-0.2, -0.15) is 0 Å². The molecule has 4 atom stereocenters. The highest BCUT2D eigenvalue weighted by molar-refractivity contribution is 5.48. The van der Waals surface area contributed by atoms with Crippen LogP contribution in [-0.2, 0) is 9.53 Å². The molecular formula is C7H10O6. The van der Waals surface area contributed by atoms with Gasteiger partial charge in [0, 0.05) is 0 Å². The van der Waals surface area contributed by atoms with E-state index in [4.69, 9.17) is 5.11 Å². The van der Waals surface area contributed by atoms with Crippen LogP contribution >= 0.6 is 0 Å². The number of ether oxygens (including phenoxy) is 1. The molecule has 0 aromatic carbocycles. The summed E-state index contributed by atoms with van der Waals surface area (Å²) in [6.45, 7) is -0.562. The molecule has 0 aromatic rings. The fraction of sp³-hybridized carbons (Fsp3) is 0.714. The zero-order valence-electron chi connectivity index (χ0n) is 6.62. The third-order valence-corrected chi connectivity index (χ3v) is 1.91. The molecule has 1 aliphatic heterocycles. The summed E-state index contributed by atoms with van der Waals surface area (Å²) < 4.78 is 4.65. The van der Waals surface area contributed by atoms with E-state index in [0.717, 1.165) is 0 Å². The largest absolute Gasteiger partial charge is 0.394 e. The molecule has 13 heavy (non-hydrogen) atoms. The lowest BCUT2D eigenvalue weighted by Crippen LogP contribution is -2.41. The standard InChI is InChI=1S/C7H10O6/c8-2-1-7(12)6(11)5(10)4(3-9)13-7/h1,4-6,9-12H,3H2. The Hall–Kier alpha value is -0.750. The minimum absolute atomic E-state index is 0.552. The van der Waals surface area contributed by atoms with Crippen molar-refractivity contribution in [2.75, 3.05) is 6.61 Å². The molecular weight excluding hydrogens is 180 g/mol. The van der Waals surface area contributed by atoms with Crippen LogP contribution in [0.1, 0.15) is 0 Å². The van der Waals surface area contributed by atoms with E-state index in [1.165, 1.54) is 5.94 Å². The van der Waals surface area contributed by atoms with E-state index in [2.05, 4.69) is 4.74 Å². The highest BCUT2D eigenvalue weighted by Crippen LogP contribution is 2.29. The second kappa shape index (κ2) is 3.55. The maximum atomic E-state index is 9.94. The molecule has 1 rings (SSSR count).